The van der Waals surface area contributed by atoms with E-state index in [4.69, 9.17) is 9.47 Å². The van der Waals surface area contributed by atoms with E-state index in [1.165, 1.54) is 24.4 Å². The topological polar surface area (TPSA) is 138 Å². The number of methoxy groups -OCH3 is 1. The molecule has 12 heteroatoms. The van der Waals surface area contributed by atoms with E-state index < -0.39 is 27.4 Å². The Labute approximate surface area is 275 Å². The maximum atomic E-state index is 14.1. The van der Waals surface area contributed by atoms with Crippen LogP contribution in [0, 0.1) is 0 Å². The summed E-state index contributed by atoms with van der Waals surface area (Å²) in [7, 11) is -2.63. The van der Waals surface area contributed by atoms with Crippen LogP contribution in [-0.4, -0.2) is 86.8 Å². The predicted octanol–water partition coefficient (Wildman–Crippen LogP) is 3.97. The Hall–Kier alpha value is -4.68. The van der Waals surface area contributed by atoms with Crippen molar-refractivity contribution in [3.05, 3.63) is 84.6 Å². The molecule has 1 aromatic heterocycles. The molecule has 2 heterocycles. The molecule has 0 aliphatic carbocycles. The van der Waals surface area contributed by atoms with Crippen molar-refractivity contribution >= 4 is 38.2 Å². The number of fused-ring (bicyclic) bond motifs is 1. The molecule has 1 unspecified atom stereocenters. The third-order valence-electron chi connectivity index (χ3n) is 7.90. The minimum atomic E-state index is -4.24. The molecule has 1 fully saturated rings. The highest BCUT2D eigenvalue weighted by Crippen LogP contribution is 2.31. The van der Waals surface area contributed by atoms with Crippen molar-refractivity contribution in [1.82, 2.24) is 15.2 Å². The predicted molar refractivity (Wildman–Crippen MR) is 178 cm³/mol. The monoisotopic (exact) mass is 660 g/mol. The molecule has 4 aromatic rings. The molecule has 1 atom stereocenters. The van der Waals surface area contributed by atoms with Crippen LogP contribution in [0.5, 0.6) is 11.5 Å². The zero-order valence-corrected chi connectivity index (χ0v) is 27.8. The van der Waals surface area contributed by atoms with Gasteiger partial charge in [-0.05, 0) is 80.6 Å². The van der Waals surface area contributed by atoms with E-state index in [2.05, 4.69) is 15.2 Å². The van der Waals surface area contributed by atoms with Gasteiger partial charge in [0.2, 0.25) is 15.7 Å². The summed E-state index contributed by atoms with van der Waals surface area (Å²) >= 11 is 0. The van der Waals surface area contributed by atoms with Crippen LogP contribution in [-0.2, 0) is 30.6 Å². The number of nitrogens with one attached hydrogen (secondary N) is 1. The summed E-state index contributed by atoms with van der Waals surface area (Å²) in [5.74, 6) is -0.305. The molecule has 47 heavy (non-hydrogen) atoms. The number of nitrogens with zero attached hydrogens (tertiary/aromatic N) is 3. The summed E-state index contributed by atoms with van der Waals surface area (Å²) in [4.78, 5) is 34.7. The fourth-order valence-electron chi connectivity index (χ4n) is 5.62. The van der Waals surface area contributed by atoms with Crippen molar-refractivity contribution in [3.63, 3.8) is 0 Å². The third-order valence-corrected chi connectivity index (χ3v) is 9.69. The average molecular weight is 661 g/mol. The van der Waals surface area contributed by atoms with Crippen molar-refractivity contribution in [2.75, 3.05) is 44.7 Å². The molecule has 1 saturated heterocycles. The standard InChI is InChI=1S/C35H40N4O7S/c1-35(2,3)46-32(41)23-37-30(34(42)39-19-17-38(18-20-39)26-10-13-28(45-4)14-11-26)21-25-9-12-27(40)22-31(25)47(43,44)33-29-8-6-5-7-24(29)15-16-36-33/h5-16,22,30,37,40H,17-21,23H2,1-4H3. The lowest BCUT2D eigenvalue weighted by Crippen LogP contribution is -2.55. The van der Waals surface area contributed by atoms with E-state index in [9.17, 15) is 23.1 Å². The van der Waals surface area contributed by atoms with E-state index in [1.54, 1.807) is 57.0 Å². The molecule has 0 spiro atoms. The number of phenols is 1. The van der Waals surface area contributed by atoms with Crippen LogP contribution in [0.4, 0.5) is 5.69 Å². The third kappa shape index (κ3) is 8.01. The molecule has 0 radical (unpaired) electrons. The maximum Gasteiger partial charge on any atom is 0.320 e. The first kappa shape index (κ1) is 33.7. The van der Waals surface area contributed by atoms with Crippen molar-refractivity contribution < 1.29 is 32.6 Å². The van der Waals surface area contributed by atoms with Gasteiger partial charge in [-0.2, -0.15) is 0 Å². The maximum absolute atomic E-state index is 14.1. The van der Waals surface area contributed by atoms with Crippen LogP contribution in [0.3, 0.4) is 0 Å². The van der Waals surface area contributed by atoms with Crippen LogP contribution >= 0.6 is 0 Å². The number of carbonyl (C=O) groups is 2. The number of ether oxygens (including phenoxy) is 2. The Balaban J connectivity index is 1.42. The van der Waals surface area contributed by atoms with Gasteiger partial charge in [-0.25, -0.2) is 13.4 Å². The van der Waals surface area contributed by atoms with Crippen LogP contribution < -0.4 is 15.0 Å². The Morgan fingerprint density at radius 1 is 0.979 bits per heavy atom. The number of carbonyl (C=O) groups excluding carboxylic acids is 2. The summed E-state index contributed by atoms with van der Waals surface area (Å²) in [6.45, 7) is 7.03. The quantitative estimate of drug-likeness (QED) is 0.240. The molecule has 1 aliphatic rings. The molecule has 0 bridgehead atoms. The van der Waals surface area contributed by atoms with Gasteiger partial charge in [-0.3, -0.25) is 14.9 Å². The number of piperazine rings is 1. The number of esters is 1. The Kier molecular flexibility index (Phi) is 10.0. The number of benzene rings is 3. The van der Waals surface area contributed by atoms with Gasteiger partial charge in [0.25, 0.3) is 0 Å². The Bertz CT molecular complexity index is 1840. The van der Waals surface area contributed by atoms with Crippen molar-refractivity contribution in [2.24, 2.45) is 0 Å². The van der Waals surface area contributed by atoms with Crippen LogP contribution in [0.25, 0.3) is 10.8 Å². The lowest BCUT2D eigenvalue weighted by atomic mass is 10.0. The lowest BCUT2D eigenvalue weighted by molar-refractivity contribution is -0.153. The van der Waals surface area contributed by atoms with Gasteiger partial charge in [0.05, 0.1) is 24.6 Å². The number of anilines is 1. The van der Waals surface area contributed by atoms with E-state index in [0.29, 0.717) is 42.5 Å². The zero-order chi connectivity index (χ0) is 33.8. The van der Waals surface area contributed by atoms with Gasteiger partial charge >= 0.3 is 5.97 Å². The fourth-order valence-corrected chi connectivity index (χ4v) is 7.28. The Morgan fingerprint density at radius 2 is 1.68 bits per heavy atom. The van der Waals surface area contributed by atoms with Gasteiger partial charge < -0.3 is 24.4 Å². The number of hydrogen-bond donors (Lipinski definition) is 2. The smallest absolute Gasteiger partial charge is 0.320 e. The number of aromatic nitrogens is 1. The minimum absolute atomic E-state index is 0.0695. The highest BCUT2D eigenvalue weighted by molar-refractivity contribution is 7.91. The molecular formula is C35H40N4O7S. The number of phenolic OH excluding ortho intramolecular Hbond substituents is 1. The zero-order valence-electron chi connectivity index (χ0n) is 27.0. The molecule has 5 rings (SSSR count). The highest BCUT2D eigenvalue weighted by atomic mass is 32.2. The molecule has 1 aliphatic heterocycles. The normalized spacial score (nSPS) is 14.6. The summed E-state index contributed by atoms with van der Waals surface area (Å²) in [6, 6.07) is 19.5. The second kappa shape index (κ2) is 14.0. The van der Waals surface area contributed by atoms with Crippen molar-refractivity contribution in [3.8, 4) is 11.5 Å². The summed E-state index contributed by atoms with van der Waals surface area (Å²) < 4.78 is 39.0. The van der Waals surface area contributed by atoms with Crippen molar-refractivity contribution in [2.45, 2.75) is 48.8 Å². The van der Waals surface area contributed by atoms with E-state index in [1.807, 2.05) is 30.3 Å². The van der Waals surface area contributed by atoms with Gasteiger partial charge in [0, 0.05) is 43.4 Å². The summed E-state index contributed by atoms with van der Waals surface area (Å²) in [6.07, 6.45) is 1.36. The first-order chi connectivity index (χ1) is 22.4. The summed E-state index contributed by atoms with van der Waals surface area (Å²) in [5.41, 5.74) is 0.586. The molecular weight excluding hydrogens is 620 g/mol. The van der Waals surface area contributed by atoms with E-state index >= 15 is 0 Å². The fraction of sp³-hybridized carbons (Fsp3) is 0.343. The molecule has 3 aromatic carbocycles. The first-order valence-corrected chi connectivity index (χ1v) is 16.9. The number of amides is 1. The number of aromatic hydroxyl groups is 1. The second-order valence-corrected chi connectivity index (χ2v) is 14.2. The minimum Gasteiger partial charge on any atom is -0.508 e. The Morgan fingerprint density at radius 3 is 2.36 bits per heavy atom. The van der Waals surface area contributed by atoms with Crippen molar-refractivity contribution in [1.29, 1.82) is 0 Å². The van der Waals surface area contributed by atoms with E-state index in [-0.39, 0.29) is 34.5 Å². The molecule has 11 nitrogen and oxygen atoms in total. The number of sulfone groups is 1. The van der Waals surface area contributed by atoms with Gasteiger partial charge in [-0.15, -0.1) is 0 Å². The first-order valence-electron chi connectivity index (χ1n) is 15.4. The largest absolute Gasteiger partial charge is 0.508 e. The van der Waals surface area contributed by atoms with Crippen LogP contribution in [0.1, 0.15) is 26.3 Å². The summed E-state index contributed by atoms with van der Waals surface area (Å²) in [5, 5.41) is 14.4. The van der Waals surface area contributed by atoms with Gasteiger partial charge in [-0.1, -0.05) is 30.3 Å². The van der Waals surface area contributed by atoms with Crippen LogP contribution in [0.2, 0.25) is 0 Å². The second-order valence-electron chi connectivity index (χ2n) is 12.4. The molecule has 248 valence electrons. The van der Waals surface area contributed by atoms with Gasteiger partial charge in [0.15, 0.2) is 5.03 Å². The highest BCUT2D eigenvalue weighted by Gasteiger charge is 2.32. The van der Waals surface area contributed by atoms with E-state index in [0.717, 1.165) is 11.4 Å². The average Bonchev–Trinajstić information content (AvgIpc) is 3.06. The number of pyridine rings is 1. The SMILES string of the molecule is COc1ccc(N2CCN(C(=O)C(Cc3ccc(O)cc3S(=O)(=O)c3nccc4ccccc34)NCC(=O)OC(C)(C)C)CC2)cc1. The molecule has 1 amide bonds. The number of hydrogen-bond acceptors (Lipinski definition) is 10. The molecule has 0 saturated carbocycles. The van der Waals surface area contributed by atoms with Gasteiger partial charge in [0.1, 0.15) is 17.1 Å². The number of rotatable bonds is 10. The van der Waals surface area contributed by atoms with Crippen LogP contribution in [0.15, 0.2) is 88.9 Å². The molecule has 2 N–H and O–H groups in total. The lowest BCUT2D eigenvalue weighted by Gasteiger charge is -2.38.